The molecule has 0 unspecified atom stereocenters. The van der Waals surface area contributed by atoms with Gasteiger partial charge in [0.25, 0.3) is 0 Å². The average Bonchev–Trinajstić information content (AvgIpc) is 1.94. The molecule has 0 aromatic heterocycles. The highest BCUT2D eigenvalue weighted by Crippen LogP contribution is 2.18. The van der Waals surface area contributed by atoms with Crippen molar-refractivity contribution in [3.8, 4) is 0 Å². The van der Waals surface area contributed by atoms with Gasteiger partial charge in [-0.3, -0.25) is 0 Å². The summed E-state index contributed by atoms with van der Waals surface area (Å²) in [5.74, 6) is 0. The Labute approximate surface area is 66.5 Å². The van der Waals surface area contributed by atoms with E-state index in [1.165, 1.54) is 0 Å². The smallest absolute Gasteiger partial charge is 0.170 e. The standard InChI is InChI=1S/C7H16N2O2/c1-4(8)6-3-2-5(9)7(10)11-6/h4-7,10H,2-3,8-9H2,1H3/t4-,5-,6-,7-/m0/s1. The van der Waals surface area contributed by atoms with E-state index in [9.17, 15) is 5.11 Å². The lowest BCUT2D eigenvalue weighted by atomic mass is 10.0. The molecule has 1 heterocycles. The Morgan fingerprint density at radius 3 is 2.64 bits per heavy atom. The molecule has 0 radical (unpaired) electrons. The monoisotopic (exact) mass is 160 g/mol. The summed E-state index contributed by atoms with van der Waals surface area (Å²) in [4.78, 5) is 0. The van der Waals surface area contributed by atoms with E-state index < -0.39 is 6.29 Å². The molecule has 0 spiro atoms. The minimum Gasteiger partial charge on any atom is -0.367 e. The van der Waals surface area contributed by atoms with Gasteiger partial charge < -0.3 is 21.3 Å². The molecule has 4 atom stereocenters. The second-order valence-corrected chi connectivity index (χ2v) is 3.17. The second-order valence-electron chi connectivity index (χ2n) is 3.17. The third kappa shape index (κ3) is 2.13. The summed E-state index contributed by atoms with van der Waals surface area (Å²) in [6, 6.07) is -0.276. The van der Waals surface area contributed by atoms with Crippen LogP contribution in [0.25, 0.3) is 0 Å². The quantitative estimate of drug-likeness (QED) is 0.467. The van der Waals surface area contributed by atoms with Gasteiger partial charge >= 0.3 is 0 Å². The molecule has 5 N–H and O–H groups in total. The molecule has 1 aliphatic heterocycles. The van der Waals surface area contributed by atoms with Crippen molar-refractivity contribution >= 4 is 0 Å². The van der Waals surface area contributed by atoms with Gasteiger partial charge in [-0.05, 0) is 19.8 Å². The summed E-state index contributed by atoms with van der Waals surface area (Å²) in [7, 11) is 0. The van der Waals surface area contributed by atoms with Crippen LogP contribution >= 0.6 is 0 Å². The molecule has 0 aromatic rings. The topological polar surface area (TPSA) is 81.5 Å². The molecule has 66 valence electrons. The molecule has 11 heavy (non-hydrogen) atoms. The molecular formula is C7H16N2O2. The lowest BCUT2D eigenvalue weighted by Gasteiger charge is -2.33. The zero-order chi connectivity index (χ0) is 8.43. The number of rotatable bonds is 1. The normalized spacial score (nSPS) is 42.0. The highest BCUT2D eigenvalue weighted by molar-refractivity contribution is 4.79. The second kappa shape index (κ2) is 3.49. The molecule has 1 fully saturated rings. The lowest BCUT2D eigenvalue weighted by molar-refractivity contribution is -0.176. The Balaban J connectivity index is 2.40. The molecule has 4 nitrogen and oxygen atoms in total. The number of aliphatic hydroxyl groups is 1. The predicted octanol–water partition coefficient (Wildman–Crippen LogP) is -0.842. The fourth-order valence-electron chi connectivity index (χ4n) is 1.23. The number of hydrogen-bond acceptors (Lipinski definition) is 4. The van der Waals surface area contributed by atoms with Gasteiger partial charge in [-0.1, -0.05) is 0 Å². The van der Waals surface area contributed by atoms with Crippen molar-refractivity contribution in [2.45, 2.75) is 44.2 Å². The average molecular weight is 160 g/mol. The van der Waals surface area contributed by atoms with Gasteiger partial charge in [0.2, 0.25) is 0 Å². The Kier molecular flexibility index (Phi) is 2.84. The van der Waals surface area contributed by atoms with Gasteiger partial charge in [-0.2, -0.15) is 0 Å². The van der Waals surface area contributed by atoms with Gasteiger partial charge in [0.05, 0.1) is 12.1 Å². The fourth-order valence-corrected chi connectivity index (χ4v) is 1.23. The Bertz CT molecular complexity index is 130. The molecule has 4 heteroatoms. The largest absolute Gasteiger partial charge is 0.367 e. The first kappa shape index (κ1) is 8.93. The van der Waals surface area contributed by atoms with Gasteiger partial charge in [0.15, 0.2) is 6.29 Å². The van der Waals surface area contributed by atoms with Gasteiger partial charge in [0, 0.05) is 6.04 Å². The number of aliphatic hydroxyl groups excluding tert-OH is 1. The maximum Gasteiger partial charge on any atom is 0.170 e. The van der Waals surface area contributed by atoms with Crippen molar-refractivity contribution < 1.29 is 9.84 Å². The lowest BCUT2D eigenvalue weighted by Crippen LogP contribution is -2.48. The first-order valence-electron chi connectivity index (χ1n) is 3.96. The predicted molar refractivity (Wildman–Crippen MR) is 41.7 cm³/mol. The third-order valence-electron chi connectivity index (χ3n) is 2.05. The third-order valence-corrected chi connectivity index (χ3v) is 2.05. The van der Waals surface area contributed by atoms with Crippen LogP contribution in [-0.2, 0) is 4.74 Å². The van der Waals surface area contributed by atoms with Gasteiger partial charge in [-0.15, -0.1) is 0 Å². The van der Waals surface area contributed by atoms with Crippen molar-refractivity contribution in [2.24, 2.45) is 11.5 Å². The molecule has 0 aromatic carbocycles. The van der Waals surface area contributed by atoms with Crippen molar-refractivity contribution in [3.05, 3.63) is 0 Å². The molecule has 0 saturated carbocycles. The van der Waals surface area contributed by atoms with Crippen LogP contribution < -0.4 is 11.5 Å². The Hall–Kier alpha value is -0.160. The molecule has 0 amide bonds. The van der Waals surface area contributed by atoms with Crippen LogP contribution in [0.2, 0.25) is 0 Å². The van der Waals surface area contributed by atoms with Gasteiger partial charge in [-0.25, -0.2) is 0 Å². The summed E-state index contributed by atoms with van der Waals surface area (Å²) < 4.78 is 5.17. The number of nitrogens with two attached hydrogens (primary N) is 2. The summed E-state index contributed by atoms with van der Waals surface area (Å²) in [5, 5.41) is 9.19. The van der Waals surface area contributed by atoms with Gasteiger partial charge in [0.1, 0.15) is 0 Å². The summed E-state index contributed by atoms with van der Waals surface area (Å²) >= 11 is 0. The maximum absolute atomic E-state index is 9.19. The Morgan fingerprint density at radius 1 is 1.55 bits per heavy atom. The van der Waals surface area contributed by atoms with Crippen molar-refractivity contribution in [1.82, 2.24) is 0 Å². The van der Waals surface area contributed by atoms with E-state index in [2.05, 4.69) is 0 Å². The van der Waals surface area contributed by atoms with Crippen molar-refractivity contribution in [2.75, 3.05) is 0 Å². The van der Waals surface area contributed by atoms with Crippen LogP contribution in [-0.4, -0.2) is 29.6 Å². The van der Waals surface area contributed by atoms with Crippen LogP contribution in [0.4, 0.5) is 0 Å². The molecule has 1 aliphatic rings. The molecular weight excluding hydrogens is 144 g/mol. The van der Waals surface area contributed by atoms with E-state index in [1.54, 1.807) is 0 Å². The molecule has 1 rings (SSSR count). The van der Waals surface area contributed by atoms with Crippen LogP contribution in [0.1, 0.15) is 19.8 Å². The van der Waals surface area contributed by atoms with Crippen LogP contribution in [0.5, 0.6) is 0 Å². The first-order chi connectivity index (χ1) is 5.11. The number of hydrogen-bond donors (Lipinski definition) is 3. The summed E-state index contributed by atoms with van der Waals surface area (Å²) in [5.41, 5.74) is 11.1. The fraction of sp³-hybridized carbons (Fsp3) is 1.00. The van der Waals surface area contributed by atoms with Crippen molar-refractivity contribution in [3.63, 3.8) is 0 Å². The highest BCUT2D eigenvalue weighted by Gasteiger charge is 2.28. The van der Waals surface area contributed by atoms with E-state index in [1.807, 2.05) is 6.92 Å². The SMILES string of the molecule is C[C@H](N)[C@@H]1CC[C@H](N)[C@@H](O)O1. The zero-order valence-electron chi connectivity index (χ0n) is 6.73. The maximum atomic E-state index is 9.19. The van der Waals surface area contributed by atoms with Crippen LogP contribution in [0, 0.1) is 0 Å². The molecule has 0 bridgehead atoms. The minimum atomic E-state index is -0.834. The Morgan fingerprint density at radius 2 is 2.18 bits per heavy atom. The van der Waals surface area contributed by atoms with E-state index >= 15 is 0 Å². The highest BCUT2D eigenvalue weighted by atomic mass is 16.6. The van der Waals surface area contributed by atoms with Crippen LogP contribution in [0.3, 0.4) is 0 Å². The molecule has 1 saturated heterocycles. The number of ether oxygens (including phenoxy) is 1. The van der Waals surface area contributed by atoms with E-state index in [0.717, 1.165) is 12.8 Å². The van der Waals surface area contributed by atoms with E-state index in [4.69, 9.17) is 16.2 Å². The summed E-state index contributed by atoms with van der Waals surface area (Å²) in [6.07, 6.45) is 0.757. The van der Waals surface area contributed by atoms with E-state index in [0.29, 0.717) is 0 Å². The first-order valence-corrected chi connectivity index (χ1v) is 3.96. The summed E-state index contributed by atoms with van der Waals surface area (Å²) in [6.45, 7) is 1.87. The molecule has 0 aliphatic carbocycles. The zero-order valence-corrected chi connectivity index (χ0v) is 6.73. The van der Waals surface area contributed by atoms with Crippen LogP contribution in [0.15, 0.2) is 0 Å². The van der Waals surface area contributed by atoms with E-state index in [-0.39, 0.29) is 18.2 Å². The minimum absolute atomic E-state index is 0.0304. The van der Waals surface area contributed by atoms with Crippen molar-refractivity contribution in [1.29, 1.82) is 0 Å².